The number of hydrogen-bond donors (Lipinski definition) is 0. The molecular weight excluding hydrogens is 168 g/mol. The van der Waals surface area contributed by atoms with E-state index in [9.17, 15) is 0 Å². The summed E-state index contributed by atoms with van der Waals surface area (Å²) >= 11 is 0. The van der Waals surface area contributed by atoms with Crippen molar-refractivity contribution in [3.05, 3.63) is 34.9 Å². The van der Waals surface area contributed by atoms with Crippen molar-refractivity contribution in [2.75, 3.05) is 0 Å². The highest BCUT2D eigenvalue weighted by atomic mass is 14.2. The predicted octanol–water partition coefficient (Wildman–Crippen LogP) is 3.50. The van der Waals surface area contributed by atoms with E-state index in [1.165, 1.54) is 36.0 Å². The van der Waals surface area contributed by atoms with Crippen LogP contribution >= 0.6 is 0 Å². The minimum atomic E-state index is 0.720. The maximum atomic E-state index is 3.21. The monoisotopic (exact) mass is 184 g/mol. The predicted molar refractivity (Wildman–Crippen MR) is 60.3 cm³/mol. The average molecular weight is 184 g/mol. The van der Waals surface area contributed by atoms with Crippen molar-refractivity contribution in [3.8, 4) is 11.8 Å². The summed E-state index contributed by atoms with van der Waals surface area (Å²) in [6, 6.07) is 6.55. The zero-order valence-electron chi connectivity index (χ0n) is 8.93. The van der Waals surface area contributed by atoms with E-state index in [-0.39, 0.29) is 0 Å². The number of hydrogen-bond acceptors (Lipinski definition) is 0. The van der Waals surface area contributed by atoms with Crippen molar-refractivity contribution < 1.29 is 0 Å². The summed E-state index contributed by atoms with van der Waals surface area (Å²) < 4.78 is 0. The largest absolute Gasteiger partial charge is 0.101 e. The van der Waals surface area contributed by atoms with E-state index in [0.717, 1.165) is 5.92 Å². The lowest BCUT2D eigenvalue weighted by Crippen LogP contribution is -2.08. The van der Waals surface area contributed by atoms with Crippen LogP contribution in [0.4, 0.5) is 0 Å². The molecule has 0 radical (unpaired) electrons. The van der Waals surface area contributed by atoms with Gasteiger partial charge in [0.15, 0.2) is 0 Å². The minimum Gasteiger partial charge on any atom is -0.101 e. The fraction of sp³-hybridized carbons (Fsp3) is 0.429. The average Bonchev–Trinajstić information content (AvgIpc) is 2.20. The van der Waals surface area contributed by atoms with Crippen LogP contribution in [0.25, 0.3) is 0 Å². The Balaban J connectivity index is 2.53. The van der Waals surface area contributed by atoms with Crippen LogP contribution < -0.4 is 0 Å². The Bertz CT molecular complexity index is 390. The topological polar surface area (TPSA) is 0 Å². The summed E-state index contributed by atoms with van der Waals surface area (Å²) in [5.41, 5.74) is 4.27. The molecular formula is C14H16. The van der Waals surface area contributed by atoms with Gasteiger partial charge >= 0.3 is 0 Å². The van der Waals surface area contributed by atoms with Gasteiger partial charge in [0, 0.05) is 5.56 Å². The first-order valence-electron chi connectivity index (χ1n) is 5.37. The number of fused-ring (bicyclic) bond motifs is 1. The van der Waals surface area contributed by atoms with Crippen molar-refractivity contribution in [1.29, 1.82) is 0 Å². The maximum Gasteiger partial charge on any atom is 0.0280 e. The molecule has 0 spiro atoms. The molecule has 1 atom stereocenters. The third-order valence-corrected chi connectivity index (χ3v) is 3.07. The van der Waals surface area contributed by atoms with Gasteiger partial charge in [-0.3, -0.25) is 0 Å². The molecule has 0 saturated carbocycles. The van der Waals surface area contributed by atoms with Gasteiger partial charge in [-0.2, -0.15) is 0 Å². The van der Waals surface area contributed by atoms with Crippen molar-refractivity contribution in [2.24, 2.45) is 0 Å². The van der Waals surface area contributed by atoms with Gasteiger partial charge < -0.3 is 0 Å². The van der Waals surface area contributed by atoms with E-state index < -0.39 is 0 Å². The quantitative estimate of drug-likeness (QED) is 0.541. The summed E-state index contributed by atoms with van der Waals surface area (Å²) in [4.78, 5) is 0. The number of rotatable bonds is 0. The molecule has 0 nitrogen and oxygen atoms in total. The summed E-state index contributed by atoms with van der Waals surface area (Å²) in [6.07, 6.45) is 3.86. The molecule has 14 heavy (non-hydrogen) atoms. The van der Waals surface area contributed by atoms with Crippen LogP contribution in [0.2, 0.25) is 0 Å². The van der Waals surface area contributed by atoms with E-state index in [0.29, 0.717) is 0 Å². The highest BCUT2D eigenvalue weighted by Gasteiger charge is 2.17. The van der Waals surface area contributed by atoms with Crippen LogP contribution in [-0.2, 0) is 6.42 Å². The van der Waals surface area contributed by atoms with E-state index in [4.69, 9.17) is 0 Å². The zero-order valence-corrected chi connectivity index (χ0v) is 8.93. The van der Waals surface area contributed by atoms with Crippen LogP contribution in [0.15, 0.2) is 18.2 Å². The molecule has 0 heterocycles. The Morgan fingerprint density at radius 3 is 3.00 bits per heavy atom. The third kappa shape index (κ3) is 1.55. The molecule has 1 aliphatic rings. The molecule has 1 aromatic rings. The summed E-state index contributed by atoms with van der Waals surface area (Å²) in [6.45, 7) is 4.23. The van der Waals surface area contributed by atoms with Crippen molar-refractivity contribution in [2.45, 2.75) is 39.0 Å². The molecule has 1 aliphatic carbocycles. The van der Waals surface area contributed by atoms with Crippen molar-refractivity contribution in [1.82, 2.24) is 0 Å². The molecule has 0 N–H and O–H groups in total. The lowest BCUT2D eigenvalue weighted by Gasteiger charge is -2.23. The molecule has 0 saturated heterocycles. The zero-order chi connectivity index (χ0) is 9.97. The van der Waals surface area contributed by atoms with E-state index in [2.05, 4.69) is 37.0 Å². The van der Waals surface area contributed by atoms with Crippen LogP contribution in [0.3, 0.4) is 0 Å². The van der Waals surface area contributed by atoms with Gasteiger partial charge in [0.05, 0.1) is 0 Å². The minimum absolute atomic E-state index is 0.720. The summed E-state index contributed by atoms with van der Waals surface area (Å²) in [5.74, 6) is 6.92. The molecule has 1 unspecified atom stereocenters. The lowest BCUT2D eigenvalue weighted by atomic mass is 9.82. The lowest BCUT2D eigenvalue weighted by molar-refractivity contribution is 0.589. The molecule has 0 heteroatoms. The molecule has 0 bridgehead atoms. The molecule has 0 amide bonds. The second-order valence-electron chi connectivity index (χ2n) is 4.04. The van der Waals surface area contributed by atoms with Crippen molar-refractivity contribution >= 4 is 0 Å². The molecule has 0 aromatic heterocycles. The Hall–Kier alpha value is -1.22. The number of benzene rings is 1. The van der Waals surface area contributed by atoms with Gasteiger partial charge in [-0.25, -0.2) is 0 Å². The van der Waals surface area contributed by atoms with E-state index in [1.807, 2.05) is 6.92 Å². The van der Waals surface area contributed by atoms with Gasteiger partial charge in [-0.15, -0.1) is 5.92 Å². The standard InChI is InChI=1S/C14H16/c1-3-6-12-8-5-9-13-11(2)7-4-10-14(12)13/h5,8-9,11H,4,7,10H2,1-2H3. The van der Waals surface area contributed by atoms with Crippen LogP contribution in [-0.4, -0.2) is 0 Å². The Morgan fingerprint density at radius 1 is 1.36 bits per heavy atom. The summed E-state index contributed by atoms with van der Waals surface area (Å²) in [7, 11) is 0. The fourth-order valence-electron chi connectivity index (χ4n) is 2.34. The van der Waals surface area contributed by atoms with Crippen LogP contribution in [0.1, 0.15) is 49.3 Å². The summed E-state index contributed by atoms with van der Waals surface area (Å²) in [5, 5.41) is 0. The SMILES string of the molecule is CC#Cc1cccc2c1CCCC2C. The van der Waals surface area contributed by atoms with Crippen LogP contribution in [0, 0.1) is 11.8 Å². The van der Waals surface area contributed by atoms with Crippen LogP contribution in [0.5, 0.6) is 0 Å². The van der Waals surface area contributed by atoms with Gasteiger partial charge in [0.25, 0.3) is 0 Å². The van der Waals surface area contributed by atoms with Gasteiger partial charge in [-0.05, 0) is 49.3 Å². The fourth-order valence-corrected chi connectivity index (χ4v) is 2.34. The van der Waals surface area contributed by atoms with E-state index in [1.54, 1.807) is 0 Å². The molecule has 0 aliphatic heterocycles. The molecule has 1 aromatic carbocycles. The Labute approximate surface area is 86.3 Å². The van der Waals surface area contributed by atoms with Gasteiger partial charge in [0.2, 0.25) is 0 Å². The van der Waals surface area contributed by atoms with E-state index >= 15 is 0 Å². The van der Waals surface area contributed by atoms with Gasteiger partial charge in [0.1, 0.15) is 0 Å². The molecule has 0 fully saturated rings. The smallest absolute Gasteiger partial charge is 0.0280 e. The second-order valence-corrected chi connectivity index (χ2v) is 4.04. The molecule has 72 valence electrons. The highest BCUT2D eigenvalue weighted by molar-refractivity contribution is 5.47. The van der Waals surface area contributed by atoms with Crippen molar-refractivity contribution in [3.63, 3.8) is 0 Å². The second kappa shape index (κ2) is 3.88. The van der Waals surface area contributed by atoms with Gasteiger partial charge in [-0.1, -0.05) is 25.0 Å². The Kier molecular flexibility index (Phi) is 2.59. The third-order valence-electron chi connectivity index (χ3n) is 3.07. The normalized spacial score (nSPS) is 19.4. The molecule has 2 rings (SSSR count). The Morgan fingerprint density at radius 2 is 2.21 bits per heavy atom. The first-order chi connectivity index (χ1) is 6.83. The first-order valence-corrected chi connectivity index (χ1v) is 5.37. The highest BCUT2D eigenvalue weighted by Crippen LogP contribution is 2.32. The maximum absolute atomic E-state index is 3.21. The first kappa shape index (κ1) is 9.34.